The third-order valence-electron chi connectivity index (χ3n) is 7.87. The first kappa shape index (κ1) is 27.1. The molecular weight excluding hydrogens is 512 g/mol. The van der Waals surface area contributed by atoms with Gasteiger partial charge in [-0.25, -0.2) is 9.97 Å². The van der Waals surface area contributed by atoms with Gasteiger partial charge in [-0.3, -0.25) is 19.7 Å². The van der Waals surface area contributed by atoms with Crippen LogP contribution >= 0.6 is 0 Å². The first-order valence-corrected chi connectivity index (χ1v) is 13.6. The number of imidazole rings is 2. The van der Waals surface area contributed by atoms with Gasteiger partial charge in [0.25, 0.3) is 5.69 Å². The van der Waals surface area contributed by atoms with Gasteiger partial charge in [0.15, 0.2) is 0 Å². The van der Waals surface area contributed by atoms with E-state index in [0.717, 1.165) is 85.7 Å². The van der Waals surface area contributed by atoms with E-state index < -0.39 is 4.92 Å². The number of nitro groups is 1. The number of rotatable bonds is 3. The molecule has 2 amide bonds. The van der Waals surface area contributed by atoms with Gasteiger partial charge in [0.2, 0.25) is 11.8 Å². The Morgan fingerprint density at radius 1 is 0.825 bits per heavy atom. The number of anilines is 1. The van der Waals surface area contributed by atoms with Gasteiger partial charge < -0.3 is 25.5 Å². The van der Waals surface area contributed by atoms with Gasteiger partial charge in [-0.1, -0.05) is 0 Å². The maximum Gasteiger partial charge on any atom is 0.271 e. The second kappa shape index (κ2) is 11.3. The van der Waals surface area contributed by atoms with Gasteiger partial charge in [-0.15, -0.1) is 0 Å². The highest BCUT2D eigenvalue weighted by molar-refractivity contribution is 5.79. The number of piperidine rings is 2. The average Bonchev–Trinajstić information content (AvgIpc) is 3.57. The molecule has 40 heavy (non-hydrogen) atoms. The van der Waals surface area contributed by atoms with E-state index in [2.05, 4.69) is 19.9 Å². The summed E-state index contributed by atoms with van der Waals surface area (Å²) < 4.78 is 0. The molecule has 4 aromatic rings. The zero-order valence-electron chi connectivity index (χ0n) is 22.7. The average molecular weight is 547 g/mol. The Kier molecular flexibility index (Phi) is 7.67. The molecule has 6 rings (SSSR count). The van der Waals surface area contributed by atoms with Crippen molar-refractivity contribution in [3.8, 4) is 0 Å². The van der Waals surface area contributed by atoms with Gasteiger partial charge in [-0.05, 0) is 49.9 Å². The second-order valence-corrected chi connectivity index (χ2v) is 10.5. The molecule has 2 aromatic carbocycles. The number of hydrogen-bond donors (Lipinski definition) is 3. The molecule has 4 N–H and O–H groups in total. The van der Waals surface area contributed by atoms with Crippen LogP contribution in [0.1, 0.15) is 63.0 Å². The fourth-order valence-electron chi connectivity index (χ4n) is 5.50. The standard InChI is InChI=1S/C14H16N4O3.C14H18N4O/c1-9(19)17-6-4-10(5-7-17)14-15-12-3-2-11(18(20)21)8-13(12)16-14;1-9(19)18-6-4-10(5-7-18)14-16-12-3-2-11(15)8-13(12)17-14/h2-3,8,10H,4-7H2,1H3,(H,15,16);2-3,8,10H,4-7,15H2,1H3,(H,16,17). The van der Waals surface area contributed by atoms with Gasteiger partial charge in [0.1, 0.15) is 11.6 Å². The summed E-state index contributed by atoms with van der Waals surface area (Å²) in [5.74, 6) is 2.82. The number of nitrogen functional groups attached to an aromatic ring is 1. The molecule has 0 saturated carbocycles. The highest BCUT2D eigenvalue weighted by Gasteiger charge is 2.25. The number of non-ortho nitro benzene ring substituents is 1. The first-order valence-electron chi connectivity index (χ1n) is 13.6. The van der Waals surface area contributed by atoms with Crippen molar-refractivity contribution in [2.45, 2.75) is 51.4 Å². The summed E-state index contributed by atoms with van der Waals surface area (Å²) in [4.78, 5) is 52.4. The monoisotopic (exact) mass is 546 g/mol. The fraction of sp³-hybridized carbons (Fsp3) is 0.429. The predicted molar refractivity (Wildman–Crippen MR) is 152 cm³/mol. The summed E-state index contributed by atoms with van der Waals surface area (Å²) in [6.45, 7) is 6.32. The Hall–Kier alpha value is -4.48. The lowest BCUT2D eigenvalue weighted by molar-refractivity contribution is -0.384. The van der Waals surface area contributed by atoms with Crippen LogP contribution in [0.2, 0.25) is 0 Å². The maximum absolute atomic E-state index is 11.3. The minimum Gasteiger partial charge on any atom is -0.399 e. The smallest absolute Gasteiger partial charge is 0.271 e. The fourth-order valence-corrected chi connectivity index (χ4v) is 5.50. The number of amides is 2. The number of nitrogens with one attached hydrogen (secondary N) is 2. The molecule has 2 aliphatic heterocycles. The summed E-state index contributed by atoms with van der Waals surface area (Å²) in [5, 5.41) is 10.8. The number of nitrogens with zero attached hydrogens (tertiary/aromatic N) is 5. The van der Waals surface area contributed by atoms with Crippen LogP contribution in [0.25, 0.3) is 22.1 Å². The normalized spacial score (nSPS) is 16.6. The van der Waals surface area contributed by atoms with Crippen LogP contribution in [-0.2, 0) is 9.59 Å². The zero-order chi connectivity index (χ0) is 28.4. The van der Waals surface area contributed by atoms with Crippen molar-refractivity contribution in [1.82, 2.24) is 29.7 Å². The molecule has 0 spiro atoms. The number of aromatic nitrogens is 4. The number of likely N-dealkylation sites (tertiary alicyclic amines) is 2. The van der Waals surface area contributed by atoms with E-state index in [4.69, 9.17) is 5.73 Å². The van der Waals surface area contributed by atoms with Crippen molar-refractivity contribution in [3.05, 3.63) is 58.2 Å². The van der Waals surface area contributed by atoms with Crippen molar-refractivity contribution in [3.63, 3.8) is 0 Å². The highest BCUT2D eigenvalue weighted by Crippen LogP contribution is 2.30. The number of nitrogens with two attached hydrogens (primary N) is 1. The predicted octanol–water partition coefficient (Wildman–Crippen LogP) is 4.07. The summed E-state index contributed by atoms with van der Waals surface area (Å²) in [7, 11) is 0. The molecule has 0 aliphatic carbocycles. The minimum absolute atomic E-state index is 0.0594. The number of carbonyl (C=O) groups excluding carboxylic acids is 2. The van der Waals surface area contributed by atoms with Crippen LogP contribution in [0.4, 0.5) is 11.4 Å². The quantitative estimate of drug-likeness (QED) is 0.198. The lowest BCUT2D eigenvalue weighted by Gasteiger charge is -2.30. The van der Waals surface area contributed by atoms with Crippen LogP contribution in [0.3, 0.4) is 0 Å². The summed E-state index contributed by atoms with van der Waals surface area (Å²) in [6, 6.07) is 10.4. The first-order chi connectivity index (χ1) is 19.2. The molecule has 0 bridgehead atoms. The number of carbonyl (C=O) groups is 2. The van der Waals surface area contributed by atoms with E-state index in [1.165, 1.54) is 12.1 Å². The largest absolute Gasteiger partial charge is 0.399 e. The third-order valence-corrected chi connectivity index (χ3v) is 7.87. The van der Waals surface area contributed by atoms with Crippen LogP contribution < -0.4 is 5.73 Å². The highest BCUT2D eigenvalue weighted by atomic mass is 16.6. The van der Waals surface area contributed by atoms with Crippen molar-refractivity contribution >= 4 is 45.3 Å². The number of hydrogen-bond acceptors (Lipinski definition) is 7. The molecule has 12 nitrogen and oxygen atoms in total. The number of H-pyrrole nitrogens is 2. The third kappa shape index (κ3) is 5.90. The summed E-state index contributed by atoms with van der Waals surface area (Å²) >= 11 is 0. The zero-order valence-corrected chi connectivity index (χ0v) is 22.7. The Morgan fingerprint density at radius 3 is 1.73 bits per heavy atom. The molecule has 2 aliphatic rings. The van der Waals surface area contributed by atoms with Gasteiger partial charge in [0.05, 0.1) is 27.0 Å². The van der Waals surface area contributed by atoms with Crippen molar-refractivity contribution < 1.29 is 14.5 Å². The van der Waals surface area contributed by atoms with E-state index >= 15 is 0 Å². The molecular formula is C28H34N8O4. The molecule has 2 saturated heterocycles. The summed E-state index contributed by atoms with van der Waals surface area (Å²) in [6.07, 6.45) is 3.66. The van der Waals surface area contributed by atoms with Crippen molar-refractivity contribution in [2.75, 3.05) is 31.9 Å². The van der Waals surface area contributed by atoms with Crippen molar-refractivity contribution in [2.24, 2.45) is 0 Å². The molecule has 210 valence electrons. The Balaban J connectivity index is 0.000000162. The van der Waals surface area contributed by atoms with Gasteiger partial charge in [0, 0.05) is 69.7 Å². The van der Waals surface area contributed by atoms with E-state index in [0.29, 0.717) is 11.4 Å². The number of benzene rings is 2. The van der Waals surface area contributed by atoms with E-state index in [-0.39, 0.29) is 23.4 Å². The maximum atomic E-state index is 11.3. The van der Waals surface area contributed by atoms with Gasteiger partial charge >= 0.3 is 0 Å². The van der Waals surface area contributed by atoms with Gasteiger partial charge in [-0.2, -0.15) is 0 Å². The Labute approximate surface area is 231 Å². The molecule has 0 radical (unpaired) electrons. The van der Waals surface area contributed by atoms with E-state index in [9.17, 15) is 19.7 Å². The second-order valence-electron chi connectivity index (χ2n) is 10.5. The van der Waals surface area contributed by atoms with E-state index in [1.54, 1.807) is 19.9 Å². The number of fused-ring (bicyclic) bond motifs is 2. The minimum atomic E-state index is -0.411. The molecule has 0 atom stereocenters. The Bertz CT molecular complexity index is 1540. The van der Waals surface area contributed by atoms with Crippen molar-refractivity contribution in [1.29, 1.82) is 0 Å². The molecule has 2 aromatic heterocycles. The molecule has 2 fully saturated rings. The number of aromatic amines is 2. The number of nitro benzene ring substituents is 1. The Morgan fingerprint density at radius 2 is 1.27 bits per heavy atom. The van der Waals surface area contributed by atoms with Crippen LogP contribution in [0.5, 0.6) is 0 Å². The van der Waals surface area contributed by atoms with Crippen LogP contribution in [0.15, 0.2) is 36.4 Å². The van der Waals surface area contributed by atoms with Crippen LogP contribution in [-0.4, -0.2) is 72.7 Å². The molecule has 0 unspecified atom stereocenters. The van der Waals surface area contributed by atoms with Crippen LogP contribution in [0, 0.1) is 10.1 Å². The van der Waals surface area contributed by atoms with E-state index in [1.807, 2.05) is 28.0 Å². The SMILES string of the molecule is CC(=O)N1CCC(c2nc3ccc(N)cc3[nH]2)CC1.CC(=O)N1CCC(c2nc3ccc([N+](=O)[O-])cc3[nH]2)CC1. The lowest BCUT2D eigenvalue weighted by atomic mass is 9.96. The lowest BCUT2D eigenvalue weighted by Crippen LogP contribution is -2.36. The molecule has 4 heterocycles. The summed E-state index contributed by atoms with van der Waals surface area (Å²) in [5.41, 5.74) is 9.95. The topological polar surface area (TPSA) is 167 Å². The molecule has 12 heteroatoms.